The summed E-state index contributed by atoms with van der Waals surface area (Å²) in [7, 11) is 1.54. The molecule has 8 nitrogen and oxygen atoms in total. The van der Waals surface area contributed by atoms with E-state index in [9.17, 15) is 24.5 Å². The number of nitro groups is 1. The maximum absolute atomic E-state index is 12.4. The summed E-state index contributed by atoms with van der Waals surface area (Å²) in [6.07, 6.45) is 0. The number of imide groups is 1. The summed E-state index contributed by atoms with van der Waals surface area (Å²) in [6.45, 7) is -0.439. The minimum atomic E-state index is -0.710. The van der Waals surface area contributed by atoms with Gasteiger partial charge in [0, 0.05) is 24.9 Å². The predicted octanol–water partition coefficient (Wildman–Crippen LogP) is 1.85. The molecule has 1 aliphatic heterocycles. The van der Waals surface area contributed by atoms with Crippen molar-refractivity contribution in [2.45, 2.75) is 0 Å². The molecule has 25 heavy (non-hydrogen) atoms. The van der Waals surface area contributed by atoms with Crippen molar-refractivity contribution in [2.75, 3.05) is 18.5 Å². The lowest BCUT2D eigenvalue weighted by Gasteiger charge is -2.20. The zero-order valence-corrected chi connectivity index (χ0v) is 13.2. The molecule has 1 heterocycles. The number of fused-ring (bicyclic) bond motifs is 1. The van der Waals surface area contributed by atoms with E-state index < -0.39 is 29.2 Å². The van der Waals surface area contributed by atoms with E-state index in [-0.39, 0.29) is 16.8 Å². The minimum Gasteiger partial charge on any atom is -0.314 e. The van der Waals surface area contributed by atoms with Gasteiger partial charge in [0.2, 0.25) is 5.91 Å². The first-order valence-corrected chi connectivity index (χ1v) is 7.36. The summed E-state index contributed by atoms with van der Waals surface area (Å²) < 4.78 is 0. The van der Waals surface area contributed by atoms with Crippen LogP contribution in [0.2, 0.25) is 0 Å². The molecule has 0 radical (unpaired) electrons. The van der Waals surface area contributed by atoms with Crippen LogP contribution >= 0.6 is 0 Å². The van der Waals surface area contributed by atoms with Gasteiger partial charge in [0.15, 0.2) is 0 Å². The van der Waals surface area contributed by atoms with E-state index in [4.69, 9.17) is 0 Å². The molecule has 126 valence electrons. The highest BCUT2D eigenvalue weighted by Crippen LogP contribution is 2.27. The number of hydrogen-bond acceptors (Lipinski definition) is 5. The average molecular weight is 339 g/mol. The van der Waals surface area contributed by atoms with Crippen LogP contribution in [0, 0.1) is 10.1 Å². The molecule has 0 bridgehead atoms. The van der Waals surface area contributed by atoms with Crippen molar-refractivity contribution in [3.8, 4) is 0 Å². The molecule has 0 spiro atoms. The van der Waals surface area contributed by atoms with Gasteiger partial charge in [0.05, 0.1) is 16.1 Å². The van der Waals surface area contributed by atoms with Crippen LogP contribution in [0.5, 0.6) is 0 Å². The van der Waals surface area contributed by atoms with Gasteiger partial charge in [-0.2, -0.15) is 0 Å². The number of rotatable bonds is 4. The first-order chi connectivity index (χ1) is 11.9. The second-order valence-electron chi connectivity index (χ2n) is 5.47. The van der Waals surface area contributed by atoms with E-state index >= 15 is 0 Å². The fourth-order valence-electron chi connectivity index (χ4n) is 2.57. The fraction of sp³-hybridized carbons (Fsp3) is 0.118. The summed E-state index contributed by atoms with van der Waals surface area (Å²) in [4.78, 5) is 49.5. The van der Waals surface area contributed by atoms with Crippen LogP contribution in [0.1, 0.15) is 20.7 Å². The first kappa shape index (κ1) is 16.3. The summed E-state index contributed by atoms with van der Waals surface area (Å²) in [6, 6.07) is 12.2. The van der Waals surface area contributed by atoms with Gasteiger partial charge in [0.25, 0.3) is 17.5 Å². The molecular weight excluding hydrogens is 326 g/mol. The van der Waals surface area contributed by atoms with E-state index in [1.54, 1.807) is 37.4 Å². The molecule has 0 fully saturated rings. The number of likely N-dealkylation sites (N-methyl/N-ethyl adjacent to an activating group) is 1. The highest BCUT2D eigenvalue weighted by atomic mass is 16.6. The largest absolute Gasteiger partial charge is 0.314 e. The summed E-state index contributed by atoms with van der Waals surface area (Å²) >= 11 is 0. The monoisotopic (exact) mass is 339 g/mol. The molecule has 3 amide bonds. The Hall–Kier alpha value is -3.55. The molecule has 0 aliphatic carbocycles. The lowest BCUT2D eigenvalue weighted by atomic mass is 10.1. The van der Waals surface area contributed by atoms with Gasteiger partial charge >= 0.3 is 0 Å². The molecular formula is C17H13N3O5. The highest BCUT2D eigenvalue weighted by Gasteiger charge is 2.38. The SMILES string of the molecule is CN(C(=O)CN1C(=O)c2ccc([N+](=O)[O-])cc2C1=O)c1ccccc1. The Morgan fingerprint density at radius 2 is 1.72 bits per heavy atom. The van der Waals surface area contributed by atoms with Crippen molar-refractivity contribution in [2.24, 2.45) is 0 Å². The van der Waals surface area contributed by atoms with Gasteiger partial charge in [-0.15, -0.1) is 0 Å². The number of carbonyl (C=O) groups is 3. The number of nitrogens with zero attached hydrogens (tertiary/aromatic N) is 3. The molecule has 0 aromatic heterocycles. The van der Waals surface area contributed by atoms with Crippen LogP contribution < -0.4 is 4.90 Å². The van der Waals surface area contributed by atoms with Crippen molar-refractivity contribution in [3.05, 3.63) is 69.8 Å². The third-order valence-corrected chi connectivity index (χ3v) is 3.98. The Morgan fingerprint density at radius 3 is 2.36 bits per heavy atom. The molecule has 2 aromatic rings. The number of carbonyl (C=O) groups excluding carboxylic acids is 3. The zero-order chi connectivity index (χ0) is 18.1. The maximum atomic E-state index is 12.4. The molecule has 0 atom stereocenters. The smallest absolute Gasteiger partial charge is 0.270 e. The number of hydrogen-bond donors (Lipinski definition) is 0. The molecule has 0 unspecified atom stereocenters. The lowest BCUT2D eigenvalue weighted by Crippen LogP contribution is -2.41. The number of nitro benzene ring substituents is 1. The van der Waals surface area contributed by atoms with Crippen molar-refractivity contribution in [1.82, 2.24) is 4.90 Å². The van der Waals surface area contributed by atoms with Gasteiger partial charge in [0.1, 0.15) is 6.54 Å². The van der Waals surface area contributed by atoms with E-state index in [0.29, 0.717) is 5.69 Å². The normalized spacial score (nSPS) is 12.9. The Morgan fingerprint density at radius 1 is 1.08 bits per heavy atom. The minimum absolute atomic E-state index is 0.0608. The lowest BCUT2D eigenvalue weighted by molar-refractivity contribution is -0.384. The molecule has 2 aromatic carbocycles. The van der Waals surface area contributed by atoms with Gasteiger partial charge in [-0.1, -0.05) is 18.2 Å². The van der Waals surface area contributed by atoms with Crippen LogP contribution in [0.4, 0.5) is 11.4 Å². The van der Waals surface area contributed by atoms with E-state index in [2.05, 4.69) is 0 Å². The Labute approximate surface area is 142 Å². The summed E-state index contributed by atoms with van der Waals surface area (Å²) in [5, 5.41) is 10.8. The Bertz CT molecular complexity index is 894. The van der Waals surface area contributed by atoms with Crippen molar-refractivity contribution >= 4 is 29.1 Å². The second-order valence-corrected chi connectivity index (χ2v) is 5.47. The van der Waals surface area contributed by atoms with E-state index in [1.165, 1.54) is 11.0 Å². The molecule has 3 rings (SSSR count). The number of benzene rings is 2. The van der Waals surface area contributed by atoms with E-state index in [1.807, 2.05) is 0 Å². The molecule has 0 saturated heterocycles. The topological polar surface area (TPSA) is 101 Å². The zero-order valence-electron chi connectivity index (χ0n) is 13.2. The third-order valence-electron chi connectivity index (χ3n) is 3.98. The van der Waals surface area contributed by atoms with Gasteiger partial charge in [-0.3, -0.25) is 29.4 Å². The molecule has 1 aliphatic rings. The fourth-order valence-corrected chi connectivity index (χ4v) is 2.57. The number of amides is 3. The van der Waals surface area contributed by atoms with Crippen molar-refractivity contribution < 1.29 is 19.3 Å². The quantitative estimate of drug-likeness (QED) is 0.481. The van der Waals surface area contributed by atoms with Crippen LogP contribution in [-0.4, -0.2) is 41.1 Å². The number of non-ortho nitro benzene ring substituents is 1. The number of anilines is 1. The van der Waals surface area contributed by atoms with E-state index in [0.717, 1.165) is 17.0 Å². The average Bonchev–Trinajstić information content (AvgIpc) is 2.86. The van der Waals surface area contributed by atoms with Gasteiger partial charge in [-0.25, -0.2) is 0 Å². The van der Waals surface area contributed by atoms with Crippen molar-refractivity contribution in [1.29, 1.82) is 0 Å². The summed E-state index contributed by atoms with van der Waals surface area (Å²) in [5.74, 6) is -1.79. The maximum Gasteiger partial charge on any atom is 0.270 e. The highest BCUT2D eigenvalue weighted by molar-refractivity contribution is 6.23. The Balaban J connectivity index is 1.82. The van der Waals surface area contributed by atoms with Gasteiger partial charge in [-0.05, 0) is 18.2 Å². The number of para-hydroxylation sites is 1. The van der Waals surface area contributed by atoms with Crippen molar-refractivity contribution in [3.63, 3.8) is 0 Å². The first-order valence-electron chi connectivity index (χ1n) is 7.36. The van der Waals surface area contributed by atoms with Crippen LogP contribution in [0.25, 0.3) is 0 Å². The Kier molecular flexibility index (Phi) is 4.02. The van der Waals surface area contributed by atoms with Crippen LogP contribution in [0.3, 0.4) is 0 Å². The predicted molar refractivity (Wildman–Crippen MR) is 88.3 cm³/mol. The molecule has 8 heteroatoms. The third kappa shape index (κ3) is 2.85. The van der Waals surface area contributed by atoms with Gasteiger partial charge < -0.3 is 4.90 Å². The molecule has 0 N–H and O–H groups in total. The second kappa shape index (κ2) is 6.16. The molecule has 0 saturated carbocycles. The summed E-state index contributed by atoms with van der Waals surface area (Å²) in [5.41, 5.74) is 0.342. The van der Waals surface area contributed by atoms with Crippen LogP contribution in [-0.2, 0) is 4.79 Å². The standard InChI is InChI=1S/C17H13N3O5/c1-18(11-5-3-2-4-6-11)15(21)10-19-16(22)13-8-7-12(20(24)25)9-14(13)17(19)23/h2-9H,10H2,1H3. The van der Waals surface area contributed by atoms with Crippen LogP contribution in [0.15, 0.2) is 48.5 Å².